The van der Waals surface area contributed by atoms with Crippen molar-refractivity contribution in [1.82, 2.24) is 0 Å². The normalized spacial score (nSPS) is 21.0. The van der Waals surface area contributed by atoms with Crippen molar-refractivity contribution in [2.45, 2.75) is 25.0 Å². The van der Waals surface area contributed by atoms with Crippen LogP contribution in [0.2, 0.25) is 0 Å². The van der Waals surface area contributed by atoms with Gasteiger partial charge in [-0.15, -0.1) is 0 Å². The molecule has 1 fully saturated rings. The Bertz CT molecular complexity index is 754. The van der Waals surface area contributed by atoms with Crippen LogP contribution >= 0.6 is 7.80 Å². The zero-order chi connectivity index (χ0) is 17.8. The molecule has 0 bridgehead atoms. The van der Waals surface area contributed by atoms with Gasteiger partial charge in [-0.25, -0.2) is 8.78 Å². The summed E-state index contributed by atoms with van der Waals surface area (Å²) in [5.41, 5.74) is 0. The molecule has 3 unspecified atom stereocenters. The molecule has 0 aromatic heterocycles. The van der Waals surface area contributed by atoms with Crippen LogP contribution in [0.3, 0.4) is 0 Å². The third-order valence-electron chi connectivity index (χ3n) is 4.03. The van der Waals surface area contributed by atoms with Gasteiger partial charge in [0.25, 0.3) is 0 Å². The average Bonchev–Trinajstić information content (AvgIpc) is 2.61. The quantitative estimate of drug-likeness (QED) is 0.818. The molecule has 1 heterocycles. The molecule has 2 aromatic rings. The van der Waals surface area contributed by atoms with Crippen molar-refractivity contribution in [2.24, 2.45) is 0 Å². The van der Waals surface area contributed by atoms with E-state index in [-0.39, 0.29) is 18.0 Å². The Morgan fingerprint density at radius 2 is 1.92 bits per heavy atom. The van der Waals surface area contributed by atoms with Gasteiger partial charge in [0, 0.05) is 25.0 Å². The van der Waals surface area contributed by atoms with Crippen LogP contribution in [0.4, 0.5) is 8.78 Å². The summed E-state index contributed by atoms with van der Waals surface area (Å²) in [6, 6.07) is 10.7. The number of phenols is 1. The standard InChI is InChI=1S/C18H17F2O4P/c19-15-9-17(21)18(10-16(15)20)24-12-6-7-23-13(8-12)11-25(22)14-4-2-1-3-5-14/h1-5,9-10,12-13H,6-8,11H2/p+1. The number of benzene rings is 2. The first-order chi connectivity index (χ1) is 12.0. The molecule has 0 saturated carbocycles. The van der Waals surface area contributed by atoms with Crippen LogP contribution in [-0.4, -0.2) is 30.1 Å². The summed E-state index contributed by atoms with van der Waals surface area (Å²) < 4.78 is 50.1. The van der Waals surface area contributed by atoms with Crippen molar-refractivity contribution < 1.29 is 27.9 Å². The number of aromatic hydroxyl groups is 1. The second-order valence-electron chi connectivity index (χ2n) is 5.89. The maximum absolute atomic E-state index is 13.3. The Labute approximate surface area is 145 Å². The first-order valence-corrected chi connectivity index (χ1v) is 9.43. The van der Waals surface area contributed by atoms with Gasteiger partial charge >= 0.3 is 7.80 Å². The minimum Gasteiger partial charge on any atom is -0.504 e. The first kappa shape index (κ1) is 17.8. The number of phenolic OH excluding ortho intramolecular Hbond substituents is 1. The zero-order valence-electron chi connectivity index (χ0n) is 13.4. The fourth-order valence-corrected chi connectivity index (χ4v) is 4.10. The molecule has 3 atom stereocenters. The molecule has 4 nitrogen and oxygen atoms in total. The van der Waals surface area contributed by atoms with E-state index in [9.17, 15) is 18.5 Å². The molecule has 7 heteroatoms. The minimum absolute atomic E-state index is 0.100. The largest absolute Gasteiger partial charge is 0.504 e. The molecule has 25 heavy (non-hydrogen) atoms. The van der Waals surface area contributed by atoms with E-state index < -0.39 is 25.2 Å². The van der Waals surface area contributed by atoms with Gasteiger partial charge in [-0.2, -0.15) is 0 Å². The van der Waals surface area contributed by atoms with E-state index in [0.29, 0.717) is 31.7 Å². The molecule has 0 radical (unpaired) electrons. The summed E-state index contributed by atoms with van der Waals surface area (Å²) in [6.45, 7) is 0.414. The Morgan fingerprint density at radius 1 is 1.20 bits per heavy atom. The van der Waals surface area contributed by atoms with E-state index in [0.717, 1.165) is 11.4 Å². The molecule has 1 saturated heterocycles. The second kappa shape index (κ2) is 7.89. The van der Waals surface area contributed by atoms with Gasteiger partial charge in [0.05, 0.1) is 6.61 Å². The summed E-state index contributed by atoms with van der Waals surface area (Å²) in [5, 5.41) is 10.5. The molecule has 1 N–H and O–H groups in total. The smallest absolute Gasteiger partial charge is 0.379 e. The van der Waals surface area contributed by atoms with Crippen molar-refractivity contribution >= 4 is 13.1 Å². The molecule has 1 aliphatic rings. The summed E-state index contributed by atoms with van der Waals surface area (Å²) in [4.78, 5) is 0. The number of hydrogen-bond acceptors (Lipinski definition) is 4. The van der Waals surface area contributed by atoms with Gasteiger partial charge in [-0.3, -0.25) is 0 Å². The highest BCUT2D eigenvalue weighted by Gasteiger charge is 2.32. The summed E-state index contributed by atoms with van der Waals surface area (Å²) in [7, 11) is -1.58. The number of hydrogen-bond donors (Lipinski definition) is 1. The van der Waals surface area contributed by atoms with Crippen LogP contribution in [0, 0.1) is 11.6 Å². The van der Waals surface area contributed by atoms with Crippen LogP contribution in [0.15, 0.2) is 42.5 Å². The first-order valence-electron chi connectivity index (χ1n) is 7.99. The maximum Gasteiger partial charge on any atom is 0.379 e. The predicted molar refractivity (Wildman–Crippen MR) is 90.0 cm³/mol. The third kappa shape index (κ3) is 4.53. The molecule has 3 rings (SSSR count). The second-order valence-corrected chi connectivity index (χ2v) is 7.53. The third-order valence-corrected chi connectivity index (χ3v) is 5.64. The van der Waals surface area contributed by atoms with Crippen molar-refractivity contribution in [2.75, 3.05) is 12.8 Å². The van der Waals surface area contributed by atoms with Gasteiger partial charge in [-0.1, -0.05) is 22.8 Å². The summed E-state index contributed by atoms with van der Waals surface area (Å²) in [5.74, 6) is -2.76. The lowest BCUT2D eigenvalue weighted by molar-refractivity contribution is -0.0241. The lowest BCUT2D eigenvalue weighted by Crippen LogP contribution is -2.34. The predicted octanol–water partition coefficient (Wildman–Crippen LogP) is 3.75. The topological polar surface area (TPSA) is 55.8 Å². The maximum atomic E-state index is 13.3. The van der Waals surface area contributed by atoms with Crippen molar-refractivity contribution in [1.29, 1.82) is 0 Å². The SMILES string of the molecule is O=[P+](CC1CC(Oc2cc(F)c(F)cc2O)CCO1)c1ccccc1. The van der Waals surface area contributed by atoms with E-state index in [1.807, 2.05) is 30.3 Å². The Balaban J connectivity index is 1.62. The fraction of sp³-hybridized carbons (Fsp3) is 0.333. The molecule has 2 aromatic carbocycles. The molecule has 132 valence electrons. The highest BCUT2D eigenvalue weighted by atomic mass is 31.1. The molecular formula is C18H18F2O4P+. The van der Waals surface area contributed by atoms with E-state index in [1.165, 1.54) is 0 Å². The van der Waals surface area contributed by atoms with Crippen LogP contribution in [0.25, 0.3) is 0 Å². The Morgan fingerprint density at radius 3 is 2.68 bits per heavy atom. The highest BCUT2D eigenvalue weighted by molar-refractivity contribution is 7.53. The van der Waals surface area contributed by atoms with Crippen molar-refractivity contribution in [3.63, 3.8) is 0 Å². The number of rotatable bonds is 5. The lowest BCUT2D eigenvalue weighted by Gasteiger charge is -2.28. The average molecular weight is 367 g/mol. The monoisotopic (exact) mass is 367 g/mol. The van der Waals surface area contributed by atoms with Gasteiger partial charge in [0.15, 0.2) is 34.6 Å². The molecule has 0 amide bonds. The summed E-state index contributed by atoms with van der Waals surface area (Å²) >= 11 is 0. The van der Waals surface area contributed by atoms with Gasteiger partial charge in [-0.05, 0) is 12.1 Å². The Hall–Kier alpha value is -2.04. The van der Waals surface area contributed by atoms with Crippen LogP contribution in [-0.2, 0) is 9.30 Å². The number of ether oxygens (including phenoxy) is 2. The van der Waals surface area contributed by atoms with E-state index >= 15 is 0 Å². The van der Waals surface area contributed by atoms with Crippen LogP contribution < -0.4 is 10.0 Å². The molecule has 0 spiro atoms. The highest BCUT2D eigenvalue weighted by Crippen LogP contribution is 2.32. The van der Waals surface area contributed by atoms with Gasteiger partial charge in [0.2, 0.25) is 0 Å². The van der Waals surface area contributed by atoms with E-state index in [1.54, 1.807) is 0 Å². The zero-order valence-corrected chi connectivity index (χ0v) is 14.3. The lowest BCUT2D eigenvalue weighted by atomic mass is 10.1. The minimum atomic E-state index is -1.58. The van der Waals surface area contributed by atoms with Crippen LogP contribution in [0.5, 0.6) is 11.5 Å². The van der Waals surface area contributed by atoms with Crippen LogP contribution in [0.1, 0.15) is 12.8 Å². The van der Waals surface area contributed by atoms with Crippen molar-refractivity contribution in [3.8, 4) is 11.5 Å². The number of halogens is 2. The van der Waals surface area contributed by atoms with Gasteiger partial charge < -0.3 is 14.6 Å². The van der Waals surface area contributed by atoms with Crippen molar-refractivity contribution in [3.05, 3.63) is 54.1 Å². The molecule has 1 aliphatic heterocycles. The molecular weight excluding hydrogens is 349 g/mol. The van der Waals surface area contributed by atoms with E-state index in [2.05, 4.69) is 0 Å². The van der Waals surface area contributed by atoms with Gasteiger partial charge in [0.1, 0.15) is 12.2 Å². The van der Waals surface area contributed by atoms with E-state index in [4.69, 9.17) is 9.47 Å². The fourth-order valence-electron chi connectivity index (χ4n) is 2.76. The molecule has 0 aliphatic carbocycles. The summed E-state index contributed by atoms with van der Waals surface area (Å²) in [6.07, 6.45) is 0.801. The Kier molecular flexibility index (Phi) is 5.61.